The lowest BCUT2D eigenvalue weighted by molar-refractivity contribution is -0.109. The minimum absolute atomic E-state index is 0.0937. The summed E-state index contributed by atoms with van der Waals surface area (Å²) in [5, 5.41) is 10.8. The monoisotopic (exact) mass is 553 g/mol. The summed E-state index contributed by atoms with van der Waals surface area (Å²) in [5.74, 6) is -1.88. The molecule has 2 N–H and O–H groups in total. The molecule has 0 radical (unpaired) electrons. The first-order valence-corrected chi connectivity index (χ1v) is 14.2. The Morgan fingerprint density at radius 1 is 1.03 bits per heavy atom. The number of piperazine rings is 1. The molecule has 0 bridgehead atoms. The van der Waals surface area contributed by atoms with E-state index in [9.17, 15) is 18.0 Å². The molecule has 1 saturated heterocycles. The molecule has 2 heterocycles. The number of benzene rings is 1. The van der Waals surface area contributed by atoms with Gasteiger partial charge in [0.05, 0.1) is 0 Å². The van der Waals surface area contributed by atoms with Crippen molar-refractivity contribution >= 4 is 12.2 Å². The number of nitrogens with zero attached hydrogens (tertiary/aromatic N) is 3. The highest BCUT2D eigenvalue weighted by Crippen LogP contribution is 2.33. The summed E-state index contributed by atoms with van der Waals surface area (Å²) in [5.41, 5.74) is 0.0128. The van der Waals surface area contributed by atoms with Crippen LogP contribution in [0.25, 0.3) is 0 Å². The largest absolute Gasteiger partial charge is 0.355 e. The summed E-state index contributed by atoms with van der Waals surface area (Å²) in [6, 6.07) is 7.26. The van der Waals surface area contributed by atoms with Crippen LogP contribution in [-0.4, -0.2) is 41.4 Å². The normalized spacial score (nSPS) is 17.5. The van der Waals surface area contributed by atoms with E-state index in [1.54, 1.807) is 0 Å². The van der Waals surface area contributed by atoms with E-state index in [4.69, 9.17) is 5.10 Å². The number of aryl methyl sites for hydroxylation is 2. The van der Waals surface area contributed by atoms with Crippen LogP contribution in [0.4, 0.5) is 19.0 Å². The zero-order chi connectivity index (χ0) is 29.8. The molecule has 1 amide bonds. The molecular formula is C30H50F3N5O. The number of amides is 1. The molecule has 1 aliphatic rings. The van der Waals surface area contributed by atoms with Gasteiger partial charge in [-0.15, -0.1) is 0 Å². The van der Waals surface area contributed by atoms with Gasteiger partial charge in [0.25, 0.3) is 5.92 Å². The second-order valence-corrected chi connectivity index (χ2v) is 10.6. The first-order valence-electron chi connectivity index (χ1n) is 14.2. The van der Waals surface area contributed by atoms with Gasteiger partial charge in [-0.25, -0.2) is 13.2 Å². The number of aromatic nitrogens is 2. The van der Waals surface area contributed by atoms with Gasteiger partial charge in [-0.1, -0.05) is 40.2 Å². The maximum absolute atomic E-state index is 13.9. The van der Waals surface area contributed by atoms with Gasteiger partial charge in [-0.2, -0.15) is 5.10 Å². The highest BCUT2D eigenvalue weighted by atomic mass is 19.3. The Morgan fingerprint density at radius 3 is 2.10 bits per heavy atom. The molecule has 2 unspecified atom stereocenters. The number of hydrogen-bond donors (Lipinski definition) is 2. The van der Waals surface area contributed by atoms with E-state index in [2.05, 4.69) is 54.0 Å². The van der Waals surface area contributed by atoms with Gasteiger partial charge in [0.2, 0.25) is 6.41 Å². The van der Waals surface area contributed by atoms with Crippen molar-refractivity contribution in [3.05, 3.63) is 46.6 Å². The fraction of sp³-hybridized carbons (Fsp3) is 0.667. The number of halogens is 3. The molecule has 0 spiro atoms. The first kappa shape index (κ1) is 34.5. The Balaban J connectivity index is 0.000000367. The molecular weight excluding hydrogens is 503 g/mol. The Morgan fingerprint density at radius 2 is 1.62 bits per heavy atom. The van der Waals surface area contributed by atoms with Crippen molar-refractivity contribution < 1.29 is 18.0 Å². The van der Waals surface area contributed by atoms with Gasteiger partial charge in [0.15, 0.2) is 5.82 Å². The van der Waals surface area contributed by atoms with Crippen LogP contribution in [-0.2, 0) is 35.9 Å². The summed E-state index contributed by atoms with van der Waals surface area (Å²) in [7, 11) is 0. The van der Waals surface area contributed by atoms with Crippen LogP contribution in [0.5, 0.6) is 0 Å². The van der Waals surface area contributed by atoms with Crippen molar-refractivity contribution in [3.8, 4) is 0 Å². The standard InChI is InChI=1S/C15H28N4.C13H16F3NO.C2H6/c1-5-7-8-19-14(6-2)9-15(17-19)18-10-12(3)16-13(4)11-18;1-12(2,14)10-4-9(7-17-8-18)5-11(6-10)13(3,15)16;1-2/h9,12-13,16H,5-8,10-11H2,1-4H3;4-6,8H,7H2,1-3H3,(H,17,18);1-2H3. The van der Waals surface area contributed by atoms with Gasteiger partial charge >= 0.3 is 0 Å². The average Bonchev–Trinajstić information content (AvgIpc) is 3.29. The fourth-order valence-corrected chi connectivity index (χ4v) is 4.45. The molecule has 1 aliphatic heterocycles. The number of anilines is 1. The van der Waals surface area contributed by atoms with E-state index < -0.39 is 11.6 Å². The number of carbonyl (C=O) groups excluding carboxylic acids is 1. The first-order chi connectivity index (χ1) is 18.3. The second-order valence-electron chi connectivity index (χ2n) is 10.6. The van der Waals surface area contributed by atoms with Gasteiger partial charge in [0.1, 0.15) is 5.67 Å². The lowest BCUT2D eigenvalue weighted by Gasteiger charge is -2.36. The minimum atomic E-state index is -3.04. The molecule has 1 aromatic heterocycles. The fourth-order valence-electron chi connectivity index (χ4n) is 4.45. The van der Waals surface area contributed by atoms with Crippen LogP contribution in [0.1, 0.15) is 97.5 Å². The maximum Gasteiger partial charge on any atom is 0.270 e. The molecule has 9 heteroatoms. The highest BCUT2D eigenvalue weighted by Gasteiger charge is 2.28. The molecule has 39 heavy (non-hydrogen) atoms. The van der Waals surface area contributed by atoms with E-state index in [1.165, 1.54) is 44.5 Å². The summed E-state index contributed by atoms with van der Waals surface area (Å²) in [6.45, 7) is 19.6. The third-order valence-corrected chi connectivity index (χ3v) is 6.39. The number of nitrogens with one attached hydrogen (secondary N) is 2. The van der Waals surface area contributed by atoms with Gasteiger partial charge in [0, 0.05) is 62.5 Å². The molecule has 0 saturated carbocycles. The highest BCUT2D eigenvalue weighted by molar-refractivity contribution is 5.47. The Kier molecular flexibility index (Phi) is 14.1. The Labute approximate surface area is 233 Å². The van der Waals surface area contributed by atoms with Crippen LogP contribution >= 0.6 is 0 Å². The van der Waals surface area contributed by atoms with Crippen LogP contribution in [0, 0.1) is 0 Å². The van der Waals surface area contributed by atoms with Crippen molar-refractivity contribution in [3.63, 3.8) is 0 Å². The molecule has 3 rings (SSSR count). The van der Waals surface area contributed by atoms with Crippen LogP contribution < -0.4 is 15.5 Å². The van der Waals surface area contributed by atoms with Crippen molar-refractivity contribution in [2.45, 2.75) is 118 Å². The topological polar surface area (TPSA) is 62.2 Å². The molecule has 2 aromatic rings. The van der Waals surface area contributed by atoms with Gasteiger partial charge < -0.3 is 15.5 Å². The summed E-state index contributed by atoms with van der Waals surface area (Å²) in [6.07, 6.45) is 3.97. The smallest absolute Gasteiger partial charge is 0.270 e. The number of alkyl halides is 3. The van der Waals surface area contributed by atoms with Gasteiger partial charge in [-0.3, -0.25) is 9.48 Å². The van der Waals surface area contributed by atoms with E-state index in [-0.39, 0.29) is 17.7 Å². The van der Waals surface area contributed by atoms with Crippen LogP contribution in [0.3, 0.4) is 0 Å². The predicted octanol–water partition coefficient (Wildman–Crippen LogP) is 6.71. The Hall–Kier alpha value is -2.55. The summed E-state index contributed by atoms with van der Waals surface area (Å²) in [4.78, 5) is 12.6. The number of unbranched alkanes of at least 4 members (excludes halogenated alkanes) is 1. The number of rotatable bonds is 10. The van der Waals surface area contributed by atoms with Crippen molar-refractivity contribution in [1.29, 1.82) is 0 Å². The molecule has 222 valence electrons. The quantitative estimate of drug-likeness (QED) is 0.321. The van der Waals surface area contributed by atoms with Gasteiger partial charge in [-0.05, 0) is 63.8 Å². The minimum Gasteiger partial charge on any atom is -0.355 e. The van der Waals surface area contributed by atoms with Crippen LogP contribution in [0.15, 0.2) is 24.3 Å². The van der Waals surface area contributed by atoms with E-state index in [0.717, 1.165) is 44.9 Å². The second kappa shape index (κ2) is 15.9. The average molecular weight is 554 g/mol. The maximum atomic E-state index is 13.9. The van der Waals surface area contributed by atoms with Crippen molar-refractivity contribution in [2.75, 3.05) is 18.0 Å². The third-order valence-electron chi connectivity index (χ3n) is 6.39. The van der Waals surface area contributed by atoms with Crippen LogP contribution in [0.2, 0.25) is 0 Å². The molecule has 2 atom stereocenters. The predicted molar refractivity (Wildman–Crippen MR) is 155 cm³/mol. The van der Waals surface area contributed by atoms with Crippen molar-refractivity contribution in [1.82, 2.24) is 20.4 Å². The van der Waals surface area contributed by atoms with Crippen molar-refractivity contribution in [2.24, 2.45) is 0 Å². The zero-order valence-corrected chi connectivity index (χ0v) is 25.4. The molecule has 1 aromatic carbocycles. The number of hydrogen-bond acceptors (Lipinski definition) is 4. The zero-order valence-electron chi connectivity index (χ0n) is 25.4. The van der Waals surface area contributed by atoms with E-state index in [1.807, 2.05) is 13.8 Å². The summed E-state index contributed by atoms with van der Waals surface area (Å²) >= 11 is 0. The van der Waals surface area contributed by atoms with E-state index in [0.29, 0.717) is 24.1 Å². The number of carbonyl (C=O) groups is 1. The van der Waals surface area contributed by atoms with E-state index >= 15 is 0 Å². The summed E-state index contributed by atoms with van der Waals surface area (Å²) < 4.78 is 42.7. The third kappa shape index (κ3) is 11.2. The SMILES string of the molecule is CC.CC(C)(F)c1cc(CNC=O)cc(C(C)(F)F)c1.CCCCn1nc(N2CC(C)NC(C)C2)cc1CC. The lowest BCUT2D eigenvalue weighted by Crippen LogP contribution is -2.54. The Bertz CT molecular complexity index is 955. The molecule has 1 fully saturated rings. The molecule has 6 nitrogen and oxygen atoms in total. The lowest BCUT2D eigenvalue weighted by atomic mass is 9.93. The molecule has 0 aliphatic carbocycles.